The number of benzene rings is 1. The summed E-state index contributed by atoms with van der Waals surface area (Å²) >= 11 is 0. The summed E-state index contributed by atoms with van der Waals surface area (Å²) in [6.07, 6.45) is 1.24. The molecule has 1 aromatic rings. The Morgan fingerprint density at radius 3 is 2.32 bits per heavy atom. The maximum Gasteiger partial charge on any atom is 0.148 e. The Morgan fingerprint density at radius 1 is 1.21 bits per heavy atom. The third-order valence-electron chi connectivity index (χ3n) is 2.96. The van der Waals surface area contributed by atoms with Crippen molar-refractivity contribution >= 4 is 9.84 Å². The lowest BCUT2D eigenvalue weighted by atomic mass is 10.0. The quantitative estimate of drug-likeness (QED) is 0.784. The molecule has 0 aliphatic rings. The predicted octanol–water partition coefficient (Wildman–Crippen LogP) is 1.00. The number of rotatable bonds is 7. The molecule has 4 nitrogen and oxygen atoms in total. The highest BCUT2D eigenvalue weighted by molar-refractivity contribution is 7.90. The van der Waals surface area contributed by atoms with E-state index in [1.54, 1.807) is 0 Å². The Hall–Kier alpha value is -0.910. The summed E-state index contributed by atoms with van der Waals surface area (Å²) in [7, 11) is -3.00. The van der Waals surface area contributed by atoms with Crippen LogP contribution < -0.4 is 5.32 Å². The summed E-state index contributed by atoms with van der Waals surface area (Å²) in [6, 6.07) is 9.42. The van der Waals surface area contributed by atoms with Crippen LogP contribution in [0.2, 0.25) is 0 Å². The fourth-order valence-electron chi connectivity index (χ4n) is 2.09. The van der Waals surface area contributed by atoms with E-state index in [0.717, 1.165) is 5.56 Å². The van der Waals surface area contributed by atoms with Gasteiger partial charge in [-0.1, -0.05) is 30.3 Å². The van der Waals surface area contributed by atoms with Gasteiger partial charge >= 0.3 is 0 Å². The Bertz CT molecular complexity index is 473. The molecule has 0 fully saturated rings. The van der Waals surface area contributed by atoms with Gasteiger partial charge in [0.25, 0.3) is 0 Å². The van der Waals surface area contributed by atoms with Gasteiger partial charge in [0.2, 0.25) is 0 Å². The summed E-state index contributed by atoms with van der Waals surface area (Å²) in [4.78, 5) is 0. The van der Waals surface area contributed by atoms with Gasteiger partial charge in [0, 0.05) is 18.3 Å². The molecular formula is C14H23NO3S. The molecule has 0 amide bonds. The summed E-state index contributed by atoms with van der Waals surface area (Å²) in [5.74, 6) is 0.0788. The van der Waals surface area contributed by atoms with E-state index in [1.807, 2.05) is 44.2 Å². The summed E-state index contributed by atoms with van der Waals surface area (Å²) < 4.78 is 22.4. The highest BCUT2D eigenvalue weighted by atomic mass is 32.2. The minimum atomic E-state index is -3.00. The van der Waals surface area contributed by atoms with Gasteiger partial charge in [0.05, 0.1) is 11.9 Å². The van der Waals surface area contributed by atoms with E-state index < -0.39 is 15.9 Å². The van der Waals surface area contributed by atoms with Crippen molar-refractivity contribution in [3.05, 3.63) is 35.9 Å². The first-order valence-electron chi connectivity index (χ1n) is 6.43. The van der Waals surface area contributed by atoms with Gasteiger partial charge in [-0.2, -0.15) is 0 Å². The predicted molar refractivity (Wildman–Crippen MR) is 77.9 cm³/mol. The van der Waals surface area contributed by atoms with Crippen LogP contribution in [-0.2, 0) is 16.3 Å². The average Bonchev–Trinajstić information content (AvgIpc) is 2.27. The number of nitrogens with one attached hydrogen (secondary N) is 1. The fourth-order valence-corrected chi connectivity index (χ4v) is 3.10. The zero-order valence-corrected chi connectivity index (χ0v) is 12.5. The monoisotopic (exact) mass is 285 g/mol. The minimum absolute atomic E-state index is 0.0788. The average molecular weight is 285 g/mol. The summed E-state index contributed by atoms with van der Waals surface area (Å²) in [5, 5.41) is 13.2. The van der Waals surface area contributed by atoms with Crippen LogP contribution in [0.1, 0.15) is 19.4 Å². The van der Waals surface area contributed by atoms with Gasteiger partial charge in [-0.05, 0) is 25.8 Å². The van der Waals surface area contributed by atoms with E-state index in [9.17, 15) is 13.5 Å². The van der Waals surface area contributed by atoms with Crippen LogP contribution in [0.15, 0.2) is 30.3 Å². The maximum absolute atomic E-state index is 11.2. The van der Waals surface area contributed by atoms with Crippen molar-refractivity contribution < 1.29 is 13.5 Å². The molecule has 0 aliphatic heterocycles. The van der Waals surface area contributed by atoms with E-state index in [4.69, 9.17) is 0 Å². The SMILES string of the molecule is CC(CS(C)(=O)=O)NC(C)C(O)Cc1ccccc1. The Kier molecular flexibility index (Phi) is 5.97. The lowest BCUT2D eigenvalue weighted by Crippen LogP contribution is -2.45. The first kappa shape index (κ1) is 16.1. The Labute approximate surface area is 115 Å². The molecule has 0 aliphatic carbocycles. The van der Waals surface area contributed by atoms with E-state index in [0.29, 0.717) is 6.42 Å². The van der Waals surface area contributed by atoms with Crippen LogP contribution in [0, 0.1) is 0 Å². The molecule has 0 saturated heterocycles. The van der Waals surface area contributed by atoms with E-state index in [2.05, 4.69) is 5.32 Å². The van der Waals surface area contributed by atoms with Gasteiger partial charge < -0.3 is 10.4 Å². The summed E-state index contributed by atoms with van der Waals surface area (Å²) in [6.45, 7) is 3.68. The van der Waals surface area contributed by atoms with Crippen molar-refractivity contribution in [1.29, 1.82) is 0 Å². The topological polar surface area (TPSA) is 66.4 Å². The van der Waals surface area contributed by atoms with Gasteiger partial charge in [0.15, 0.2) is 0 Å². The van der Waals surface area contributed by atoms with Crippen molar-refractivity contribution in [3.63, 3.8) is 0 Å². The number of sulfone groups is 1. The lowest BCUT2D eigenvalue weighted by Gasteiger charge is -2.24. The molecule has 0 bridgehead atoms. The van der Waals surface area contributed by atoms with Gasteiger partial charge in [-0.3, -0.25) is 0 Å². The third-order valence-corrected chi connectivity index (χ3v) is 4.07. The molecule has 1 aromatic carbocycles. The van der Waals surface area contributed by atoms with Crippen LogP contribution in [0.4, 0.5) is 0 Å². The van der Waals surface area contributed by atoms with Crippen LogP contribution in [0.25, 0.3) is 0 Å². The maximum atomic E-state index is 11.2. The Balaban J connectivity index is 2.47. The second-order valence-electron chi connectivity index (χ2n) is 5.21. The number of aliphatic hydroxyl groups excluding tert-OH is 1. The summed E-state index contributed by atoms with van der Waals surface area (Å²) in [5.41, 5.74) is 1.07. The zero-order valence-electron chi connectivity index (χ0n) is 11.7. The van der Waals surface area contributed by atoms with Gasteiger partial charge in [-0.15, -0.1) is 0 Å². The first-order valence-corrected chi connectivity index (χ1v) is 8.50. The van der Waals surface area contributed by atoms with Crippen LogP contribution in [0.3, 0.4) is 0 Å². The zero-order chi connectivity index (χ0) is 14.5. The van der Waals surface area contributed by atoms with Crippen molar-refractivity contribution in [2.45, 2.75) is 38.5 Å². The van der Waals surface area contributed by atoms with E-state index in [1.165, 1.54) is 6.26 Å². The molecule has 19 heavy (non-hydrogen) atoms. The van der Waals surface area contributed by atoms with Crippen molar-refractivity contribution in [2.24, 2.45) is 0 Å². The molecule has 3 atom stereocenters. The second-order valence-corrected chi connectivity index (χ2v) is 7.39. The number of hydrogen-bond acceptors (Lipinski definition) is 4. The first-order chi connectivity index (χ1) is 8.78. The minimum Gasteiger partial charge on any atom is -0.391 e. The largest absolute Gasteiger partial charge is 0.391 e. The second kappa shape index (κ2) is 7.03. The molecule has 0 spiro atoms. The fraction of sp³-hybridized carbons (Fsp3) is 0.571. The highest BCUT2D eigenvalue weighted by Gasteiger charge is 2.18. The molecule has 3 unspecified atom stereocenters. The van der Waals surface area contributed by atoms with Crippen molar-refractivity contribution in [3.8, 4) is 0 Å². The molecule has 108 valence electrons. The van der Waals surface area contributed by atoms with E-state index in [-0.39, 0.29) is 17.8 Å². The van der Waals surface area contributed by atoms with Gasteiger partial charge in [0.1, 0.15) is 9.84 Å². The van der Waals surface area contributed by atoms with Crippen molar-refractivity contribution in [2.75, 3.05) is 12.0 Å². The van der Waals surface area contributed by atoms with Crippen LogP contribution in [-0.4, -0.2) is 43.7 Å². The molecule has 0 aromatic heterocycles. The molecule has 0 heterocycles. The lowest BCUT2D eigenvalue weighted by molar-refractivity contribution is 0.130. The van der Waals surface area contributed by atoms with Crippen LogP contribution >= 0.6 is 0 Å². The molecule has 5 heteroatoms. The van der Waals surface area contributed by atoms with Crippen molar-refractivity contribution in [1.82, 2.24) is 5.32 Å². The Morgan fingerprint density at radius 2 is 1.79 bits per heavy atom. The van der Waals surface area contributed by atoms with Gasteiger partial charge in [-0.25, -0.2) is 8.42 Å². The van der Waals surface area contributed by atoms with E-state index >= 15 is 0 Å². The third kappa shape index (κ3) is 6.71. The van der Waals surface area contributed by atoms with Crippen LogP contribution in [0.5, 0.6) is 0 Å². The standard InChI is InChI=1S/C14H23NO3S/c1-11(10-19(3,17)18)15-12(2)14(16)9-13-7-5-4-6-8-13/h4-8,11-12,14-16H,9-10H2,1-3H3. The molecule has 2 N–H and O–H groups in total. The molecular weight excluding hydrogens is 262 g/mol. The number of aliphatic hydroxyl groups is 1. The highest BCUT2D eigenvalue weighted by Crippen LogP contribution is 2.06. The smallest absolute Gasteiger partial charge is 0.148 e. The normalized spacial score (nSPS) is 16.8. The molecule has 0 radical (unpaired) electrons. The molecule has 1 rings (SSSR count). The number of hydrogen-bond donors (Lipinski definition) is 2. The molecule has 0 saturated carbocycles.